The Morgan fingerprint density at radius 1 is 0.462 bits per heavy atom. The lowest BCUT2D eigenvalue weighted by molar-refractivity contribution is 0.461. The Balaban J connectivity index is 1.33. The minimum atomic E-state index is -4.65. The van der Waals surface area contributed by atoms with E-state index in [4.69, 9.17) is 0 Å². The Morgan fingerprint density at radius 3 is 1.29 bits per heavy atom. The van der Waals surface area contributed by atoms with E-state index in [9.17, 15) is 38.9 Å². The van der Waals surface area contributed by atoms with Crippen molar-refractivity contribution in [1.29, 1.82) is 0 Å². The fourth-order valence-electron chi connectivity index (χ4n) is 5.29. The highest BCUT2D eigenvalue weighted by molar-refractivity contribution is 7.86. The molecule has 0 aliphatic heterocycles. The zero-order valence-corrected chi connectivity index (χ0v) is 29.2. The van der Waals surface area contributed by atoms with Gasteiger partial charge in [-0.2, -0.15) is 0 Å². The van der Waals surface area contributed by atoms with Gasteiger partial charge in [0.25, 0.3) is 0 Å². The molecule has 0 amide bonds. The van der Waals surface area contributed by atoms with Gasteiger partial charge in [-0.25, -0.2) is 30.2 Å². The van der Waals surface area contributed by atoms with E-state index in [0.717, 1.165) is 22.3 Å². The van der Waals surface area contributed by atoms with Crippen molar-refractivity contribution < 1.29 is 38.9 Å². The largest absolute Gasteiger partial charge is 0.744 e. The van der Waals surface area contributed by atoms with Crippen molar-refractivity contribution in [1.82, 2.24) is 0 Å². The van der Waals surface area contributed by atoms with Gasteiger partial charge in [-0.3, -0.25) is 0 Å². The number of hydrogen-bond acceptors (Lipinski definition) is 12. The first-order valence-corrected chi connectivity index (χ1v) is 19.5. The van der Waals surface area contributed by atoms with Crippen LogP contribution in [0.2, 0.25) is 0 Å². The van der Waals surface area contributed by atoms with Crippen LogP contribution in [0.15, 0.2) is 171 Å². The van der Waals surface area contributed by atoms with Gasteiger partial charge in [0.1, 0.15) is 30.4 Å². The van der Waals surface area contributed by atoms with Crippen LogP contribution in [0.4, 0.5) is 28.4 Å². The van der Waals surface area contributed by atoms with Gasteiger partial charge in [0.15, 0.2) is 0 Å². The molecule has 0 saturated heterocycles. The molecule has 15 heteroatoms. The number of hydrogen-bond donors (Lipinski definition) is 2. The summed E-state index contributed by atoms with van der Waals surface area (Å²) in [6.45, 7) is 0. The number of aliphatic imine (C=N–C) groups is 1. The Bertz CT molecular complexity index is 2490. The molecule has 0 aromatic heterocycles. The lowest BCUT2D eigenvalue weighted by atomic mass is 9.90. The van der Waals surface area contributed by atoms with Crippen molar-refractivity contribution in [3.05, 3.63) is 162 Å². The summed E-state index contributed by atoms with van der Waals surface area (Å²) in [7, 11) is -13.9. The quantitative estimate of drug-likeness (QED) is 0.146. The molecule has 0 spiro atoms. The van der Waals surface area contributed by atoms with Crippen LogP contribution < -0.4 is 10.6 Å². The molecular weight excluding hydrogens is 727 g/mol. The van der Waals surface area contributed by atoms with Gasteiger partial charge >= 0.3 is 0 Å². The Morgan fingerprint density at radius 2 is 0.865 bits per heavy atom. The van der Waals surface area contributed by atoms with Crippen molar-refractivity contribution in [2.45, 2.75) is 14.7 Å². The van der Waals surface area contributed by atoms with E-state index in [0.29, 0.717) is 28.5 Å². The van der Waals surface area contributed by atoms with Crippen LogP contribution in [0.5, 0.6) is 0 Å². The molecule has 5 aromatic carbocycles. The van der Waals surface area contributed by atoms with Crippen molar-refractivity contribution in [3.63, 3.8) is 0 Å². The lowest BCUT2D eigenvalue weighted by Crippen LogP contribution is -2.00. The minimum Gasteiger partial charge on any atom is -0.744 e. The molecule has 2 N–H and O–H groups in total. The normalized spacial score (nSPS) is 13.1. The van der Waals surface area contributed by atoms with Crippen molar-refractivity contribution >= 4 is 70.1 Å². The molecule has 5 aromatic rings. The Labute approximate surface area is 300 Å². The number of nitrogens with one attached hydrogen (secondary N) is 2. The summed E-state index contributed by atoms with van der Waals surface area (Å²) in [6, 6.07) is 31.2. The maximum atomic E-state index is 11.5. The Kier molecular flexibility index (Phi) is 10.1. The third-order valence-electron chi connectivity index (χ3n) is 7.69. The highest BCUT2D eigenvalue weighted by Crippen LogP contribution is 2.33. The predicted molar refractivity (Wildman–Crippen MR) is 194 cm³/mol. The van der Waals surface area contributed by atoms with Crippen molar-refractivity contribution in [3.8, 4) is 0 Å². The van der Waals surface area contributed by atoms with E-state index in [-0.39, 0.29) is 20.4 Å². The van der Waals surface area contributed by atoms with Crippen LogP contribution in [0.25, 0.3) is 5.57 Å². The first-order valence-electron chi connectivity index (χ1n) is 15.2. The number of anilines is 4. The summed E-state index contributed by atoms with van der Waals surface area (Å²) in [4.78, 5) is 3.36. The summed E-state index contributed by atoms with van der Waals surface area (Å²) in [6.07, 6.45) is 7.16. The van der Waals surface area contributed by atoms with Crippen LogP contribution in [0.1, 0.15) is 11.1 Å². The second-order valence-corrected chi connectivity index (χ2v) is 15.5. The van der Waals surface area contributed by atoms with Crippen molar-refractivity contribution in [2.75, 3.05) is 10.6 Å². The van der Waals surface area contributed by atoms with Crippen LogP contribution in [0, 0.1) is 0 Å². The van der Waals surface area contributed by atoms with Gasteiger partial charge in [-0.15, -0.1) is 0 Å². The molecule has 0 atom stereocenters. The maximum Gasteiger partial charge on any atom is 0.124 e. The van der Waals surface area contributed by atoms with E-state index >= 15 is 0 Å². The van der Waals surface area contributed by atoms with Gasteiger partial charge in [0, 0.05) is 22.7 Å². The van der Waals surface area contributed by atoms with E-state index in [1.54, 1.807) is 54.6 Å². The summed E-state index contributed by atoms with van der Waals surface area (Å²) in [5.41, 5.74) is 6.07. The third kappa shape index (κ3) is 8.96. The molecule has 0 bridgehead atoms. The fourth-order valence-corrected chi connectivity index (χ4v) is 6.84. The average molecular weight is 753 g/mol. The fraction of sp³-hybridized carbons (Fsp3) is 0. The smallest absolute Gasteiger partial charge is 0.124 e. The summed E-state index contributed by atoms with van der Waals surface area (Å²) in [5, 5.41) is 6.20. The van der Waals surface area contributed by atoms with Gasteiger partial charge in [-0.05, 0) is 113 Å². The first kappa shape index (κ1) is 36.1. The highest BCUT2D eigenvalue weighted by atomic mass is 32.2. The number of nitrogens with zero attached hydrogens (tertiary/aromatic N) is 1. The Hall–Kier alpha value is -5.68. The zero-order chi connectivity index (χ0) is 37.1. The zero-order valence-electron chi connectivity index (χ0n) is 26.7. The van der Waals surface area contributed by atoms with E-state index in [2.05, 4.69) is 15.6 Å². The summed E-state index contributed by atoms with van der Waals surface area (Å²) >= 11 is 0. The van der Waals surface area contributed by atoms with Crippen LogP contribution in [-0.4, -0.2) is 44.6 Å². The molecule has 0 fully saturated rings. The number of benzene rings is 5. The van der Waals surface area contributed by atoms with Gasteiger partial charge in [0.05, 0.1) is 26.1 Å². The average Bonchev–Trinajstić information content (AvgIpc) is 3.10. The van der Waals surface area contributed by atoms with Gasteiger partial charge in [-0.1, -0.05) is 54.6 Å². The van der Waals surface area contributed by atoms with E-state index in [1.807, 2.05) is 36.4 Å². The molecule has 264 valence electrons. The highest BCUT2D eigenvalue weighted by Gasteiger charge is 2.13. The lowest BCUT2D eigenvalue weighted by Gasteiger charge is -2.16. The van der Waals surface area contributed by atoms with Crippen LogP contribution >= 0.6 is 0 Å². The van der Waals surface area contributed by atoms with Crippen LogP contribution in [0.3, 0.4) is 0 Å². The molecule has 1 aliphatic carbocycles. The second-order valence-electron chi connectivity index (χ2n) is 11.4. The predicted octanol–water partition coefficient (Wildman–Crippen LogP) is 6.59. The molecule has 1 aliphatic rings. The molecule has 0 saturated carbocycles. The number of rotatable bonds is 10. The summed E-state index contributed by atoms with van der Waals surface area (Å²) in [5.74, 6) is 0. The van der Waals surface area contributed by atoms with Gasteiger partial charge < -0.3 is 24.3 Å². The minimum absolute atomic E-state index is 0.289. The SMILES string of the molecule is O=S(=O)([O-])c1cccc(N=C2C=CC(=C(c3ccc(Nc4cccc(S(=O)(=O)[O-])c4)cc3)c3ccc(Nc4cccc(S(=O)(=O)[O-])c4)cc3)C=C2)c1. The molecule has 0 heterocycles. The second kappa shape index (κ2) is 14.5. The molecule has 52 heavy (non-hydrogen) atoms. The molecule has 6 rings (SSSR count). The molecular formula is C37H26N3O9S3-3. The standard InChI is InChI=1S/C37H29N3O9S3/c41-50(42,43)34-7-1-4-31(22-34)38-28-16-10-25(11-17-28)37(26-12-18-29(19-13-26)39-32-5-2-8-35(23-32)51(44,45)46)27-14-20-30(21-15-27)40-33-6-3-9-36(24-33)52(47,48)49/h1-24,38-39H,(H,41,42,43)(H,44,45,46)(H,47,48,49)/p-3. The molecule has 0 radical (unpaired) electrons. The van der Waals surface area contributed by atoms with Crippen molar-refractivity contribution in [2.24, 2.45) is 4.99 Å². The van der Waals surface area contributed by atoms with E-state index in [1.165, 1.54) is 54.6 Å². The number of allylic oxidation sites excluding steroid dienone is 5. The third-order valence-corrected chi connectivity index (χ3v) is 10.2. The van der Waals surface area contributed by atoms with Crippen LogP contribution in [-0.2, 0) is 30.4 Å². The topological polar surface area (TPSA) is 208 Å². The first-order chi connectivity index (χ1) is 24.6. The maximum absolute atomic E-state index is 11.5. The van der Waals surface area contributed by atoms with Gasteiger partial charge in [0.2, 0.25) is 0 Å². The summed E-state index contributed by atoms with van der Waals surface area (Å²) < 4.78 is 103. The monoisotopic (exact) mass is 752 g/mol. The molecule has 12 nitrogen and oxygen atoms in total. The van der Waals surface area contributed by atoms with E-state index < -0.39 is 30.4 Å². The molecule has 0 unspecified atom stereocenters.